The fourth-order valence-electron chi connectivity index (χ4n) is 3.49. The molecule has 146 valence electrons. The highest BCUT2D eigenvalue weighted by atomic mass is 32.2. The summed E-state index contributed by atoms with van der Waals surface area (Å²) in [4.78, 5) is 32.1. The van der Waals surface area contributed by atoms with Crippen LogP contribution in [0.1, 0.15) is 0 Å². The summed E-state index contributed by atoms with van der Waals surface area (Å²) in [6, 6.07) is 15.6. The number of rotatable bonds is 4. The fourth-order valence-corrected chi connectivity index (χ4v) is 4.43. The van der Waals surface area contributed by atoms with Crippen LogP contribution in [-0.4, -0.2) is 62.2 Å². The lowest BCUT2D eigenvalue weighted by atomic mass is 10.2. The number of anilines is 3. The van der Waals surface area contributed by atoms with Gasteiger partial charge in [0.05, 0.1) is 11.4 Å². The molecule has 2 aromatic rings. The summed E-state index contributed by atoms with van der Waals surface area (Å²) in [7, 11) is 2.14. The average molecular weight is 397 g/mol. The van der Waals surface area contributed by atoms with Gasteiger partial charge in [0.2, 0.25) is 11.8 Å². The molecule has 6 nitrogen and oxygen atoms in total. The van der Waals surface area contributed by atoms with E-state index in [2.05, 4.69) is 22.2 Å². The van der Waals surface area contributed by atoms with Crippen LogP contribution in [0.5, 0.6) is 0 Å². The summed E-state index contributed by atoms with van der Waals surface area (Å²) in [5.74, 6) is 0.135. The molecule has 2 aromatic carbocycles. The van der Waals surface area contributed by atoms with Crippen molar-refractivity contribution < 1.29 is 9.59 Å². The molecule has 2 aliphatic heterocycles. The first-order valence-electron chi connectivity index (χ1n) is 9.46. The molecule has 0 spiro atoms. The van der Waals surface area contributed by atoms with Crippen LogP contribution in [0.2, 0.25) is 0 Å². The lowest BCUT2D eigenvalue weighted by Crippen LogP contribution is -2.44. The second-order valence-electron chi connectivity index (χ2n) is 7.12. The Bertz CT molecular complexity index is 863. The number of amides is 2. The second-order valence-corrected chi connectivity index (χ2v) is 8.14. The molecule has 0 unspecified atom stereocenters. The normalized spacial score (nSPS) is 17.4. The monoisotopic (exact) mass is 396 g/mol. The largest absolute Gasteiger partial charge is 0.369 e. The third-order valence-corrected chi connectivity index (χ3v) is 6.18. The zero-order valence-corrected chi connectivity index (χ0v) is 16.7. The lowest BCUT2D eigenvalue weighted by Gasteiger charge is -2.34. The van der Waals surface area contributed by atoms with Gasteiger partial charge < -0.3 is 20.0 Å². The first kappa shape index (κ1) is 18.8. The van der Waals surface area contributed by atoms with E-state index in [9.17, 15) is 9.59 Å². The zero-order valence-electron chi connectivity index (χ0n) is 15.9. The van der Waals surface area contributed by atoms with Crippen LogP contribution in [0.15, 0.2) is 53.4 Å². The van der Waals surface area contributed by atoms with Crippen LogP contribution < -0.4 is 15.1 Å². The molecule has 2 aliphatic rings. The van der Waals surface area contributed by atoms with Crippen molar-refractivity contribution in [3.63, 3.8) is 0 Å². The number of hydrogen-bond donors (Lipinski definition) is 1. The van der Waals surface area contributed by atoms with E-state index in [1.54, 1.807) is 4.90 Å². The van der Waals surface area contributed by atoms with Crippen LogP contribution in [0.4, 0.5) is 17.1 Å². The summed E-state index contributed by atoms with van der Waals surface area (Å²) in [6.07, 6.45) is 0. The molecule has 2 heterocycles. The van der Waals surface area contributed by atoms with Crippen LogP contribution in [-0.2, 0) is 9.59 Å². The Hall–Kier alpha value is -2.51. The Morgan fingerprint density at radius 1 is 1.04 bits per heavy atom. The predicted molar refractivity (Wildman–Crippen MR) is 114 cm³/mol. The van der Waals surface area contributed by atoms with Gasteiger partial charge in [-0.25, -0.2) is 0 Å². The van der Waals surface area contributed by atoms with Gasteiger partial charge in [-0.15, -0.1) is 11.8 Å². The molecule has 1 saturated heterocycles. The van der Waals surface area contributed by atoms with E-state index in [4.69, 9.17) is 0 Å². The van der Waals surface area contributed by atoms with Gasteiger partial charge in [0.15, 0.2) is 0 Å². The van der Waals surface area contributed by atoms with Gasteiger partial charge >= 0.3 is 0 Å². The number of carbonyl (C=O) groups is 2. The number of nitrogens with zero attached hydrogens (tertiary/aromatic N) is 3. The number of hydrogen-bond acceptors (Lipinski definition) is 5. The van der Waals surface area contributed by atoms with Gasteiger partial charge in [-0.2, -0.15) is 0 Å². The Labute approximate surface area is 169 Å². The highest BCUT2D eigenvalue weighted by Crippen LogP contribution is 2.34. The quantitative estimate of drug-likeness (QED) is 0.861. The van der Waals surface area contributed by atoms with Gasteiger partial charge in [0, 0.05) is 42.4 Å². The topological polar surface area (TPSA) is 55.9 Å². The molecule has 0 aromatic heterocycles. The zero-order chi connectivity index (χ0) is 19.5. The molecule has 4 rings (SSSR count). The SMILES string of the molecule is CN1CCN(c2ccc(NC(=O)CN3C(=O)CSc4ccccc43)cc2)CC1. The Kier molecular flexibility index (Phi) is 5.54. The molecule has 0 saturated carbocycles. The summed E-state index contributed by atoms with van der Waals surface area (Å²) in [6.45, 7) is 4.16. The average Bonchev–Trinajstić information content (AvgIpc) is 2.71. The summed E-state index contributed by atoms with van der Waals surface area (Å²) in [5.41, 5.74) is 2.72. The van der Waals surface area contributed by atoms with Crippen molar-refractivity contribution in [1.29, 1.82) is 0 Å². The minimum atomic E-state index is -0.192. The molecule has 1 fully saturated rings. The highest BCUT2D eigenvalue weighted by molar-refractivity contribution is 8.00. The summed E-state index contributed by atoms with van der Waals surface area (Å²) in [5, 5.41) is 2.91. The van der Waals surface area contributed by atoms with Crippen molar-refractivity contribution >= 4 is 40.6 Å². The number of piperazine rings is 1. The van der Waals surface area contributed by atoms with Gasteiger partial charge in [-0.05, 0) is 43.4 Å². The van der Waals surface area contributed by atoms with Crippen molar-refractivity contribution in [2.45, 2.75) is 4.90 Å². The number of para-hydroxylation sites is 1. The highest BCUT2D eigenvalue weighted by Gasteiger charge is 2.26. The Balaban J connectivity index is 1.38. The van der Waals surface area contributed by atoms with Crippen LogP contribution in [0, 0.1) is 0 Å². The number of thioether (sulfide) groups is 1. The molecule has 1 N–H and O–H groups in total. The predicted octanol–water partition coefficient (Wildman–Crippen LogP) is 2.52. The number of carbonyl (C=O) groups excluding carboxylic acids is 2. The third-order valence-electron chi connectivity index (χ3n) is 5.13. The summed E-state index contributed by atoms with van der Waals surface area (Å²) < 4.78 is 0. The minimum absolute atomic E-state index is 0.0244. The third kappa shape index (κ3) is 4.15. The Morgan fingerprint density at radius 2 is 1.75 bits per heavy atom. The Morgan fingerprint density at radius 3 is 2.50 bits per heavy atom. The molecule has 0 aliphatic carbocycles. The van der Waals surface area contributed by atoms with Crippen LogP contribution in [0.25, 0.3) is 0 Å². The van der Waals surface area contributed by atoms with Crippen molar-refractivity contribution in [2.75, 3.05) is 60.6 Å². The molecule has 0 radical (unpaired) electrons. The standard InChI is InChI=1S/C21H24N4O2S/c1-23-10-12-24(13-11-23)17-8-6-16(7-9-17)22-20(26)14-25-18-4-2-3-5-19(18)28-15-21(25)27/h2-9H,10-15H2,1H3,(H,22,26). The fraction of sp³-hybridized carbons (Fsp3) is 0.333. The first-order chi connectivity index (χ1) is 13.6. The maximum absolute atomic E-state index is 12.5. The van der Waals surface area contributed by atoms with Gasteiger partial charge in [-0.1, -0.05) is 12.1 Å². The maximum Gasteiger partial charge on any atom is 0.244 e. The second kappa shape index (κ2) is 8.24. The molecule has 7 heteroatoms. The van der Waals surface area contributed by atoms with E-state index in [0.717, 1.165) is 42.4 Å². The van der Waals surface area contributed by atoms with Crippen LogP contribution >= 0.6 is 11.8 Å². The summed E-state index contributed by atoms with van der Waals surface area (Å²) >= 11 is 1.52. The van der Waals surface area contributed by atoms with Crippen molar-refractivity contribution in [1.82, 2.24) is 4.90 Å². The van der Waals surface area contributed by atoms with E-state index in [1.807, 2.05) is 48.5 Å². The first-order valence-corrected chi connectivity index (χ1v) is 10.4. The number of nitrogens with one attached hydrogen (secondary N) is 1. The number of likely N-dealkylation sites (N-methyl/N-ethyl adjacent to an activating group) is 1. The number of benzene rings is 2. The number of fused-ring (bicyclic) bond motifs is 1. The van der Waals surface area contributed by atoms with E-state index >= 15 is 0 Å². The molecule has 0 atom stereocenters. The molecule has 28 heavy (non-hydrogen) atoms. The molecule has 2 amide bonds. The van der Waals surface area contributed by atoms with E-state index in [1.165, 1.54) is 17.4 Å². The maximum atomic E-state index is 12.5. The van der Waals surface area contributed by atoms with Crippen molar-refractivity contribution in [2.24, 2.45) is 0 Å². The molecular formula is C21H24N4O2S. The minimum Gasteiger partial charge on any atom is -0.369 e. The van der Waals surface area contributed by atoms with Gasteiger partial charge in [-0.3, -0.25) is 9.59 Å². The van der Waals surface area contributed by atoms with Crippen LogP contribution in [0.3, 0.4) is 0 Å². The van der Waals surface area contributed by atoms with Crippen molar-refractivity contribution in [3.8, 4) is 0 Å². The van der Waals surface area contributed by atoms with Gasteiger partial charge in [0.25, 0.3) is 0 Å². The van der Waals surface area contributed by atoms with E-state index < -0.39 is 0 Å². The van der Waals surface area contributed by atoms with Gasteiger partial charge in [0.1, 0.15) is 6.54 Å². The lowest BCUT2D eigenvalue weighted by molar-refractivity contribution is -0.120. The molecular weight excluding hydrogens is 372 g/mol. The van der Waals surface area contributed by atoms with E-state index in [0.29, 0.717) is 5.75 Å². The van der Waals surface area contributed by atoms with E-state index in [-0.39, 0.29) is 18.4 Å². The van der Waals surface area contributed by atoms with Crippen molar-refractivity contribution in [3.05, 3.63) is 48.5 Å². The smallest absolute Gasteiger partial charge is 0.244 e. The molecule has 0 bridgehead atoms.